The van der Waals surface area contributed by atoms with E-state index in [-0.39, 0.29) is 22.4 Å². The first-order valence-electron chi connectivity index (χ1n) is 8.94. The van der Waals surface area contributed by atoms with Crippen molar-refractivity contribution in [3.05, 3.63) is 59.5 Å². The van der Waals surface area contributed by atoms with E-state index in [1.807, 2.05) is 49.4 Å². The summed E-state index contributed by atoms with van der Waals surface area (Å²) in [5, 5.41) is 8.66. The Kier molecular flexibility index (Phi) is 5.53. The lowest BCUT2D eigenvalue weighted by atomic mass is 9.99. The van der Waals surface area contributed by atoms with Gasteiger partial charge < -0.3 is 9.84 Å². The fraction of sp³-hybridized carbons (Fsp3) is 0.300. The van der Waals surface area contributed by atoms with E-state index in [1.54, 1.807) is 6.92 Å². The first-order valence-corrected chi connectivity index (χ1v) is 10.4. The highest BCUT2D eigenvalue weighted by molar-refractivity contribution is 7.89. The average Bonchev–Trinajstić information content (AvgIpc) is 2.99. The van der Waals surface area contributed by atoms with Crippen molar-refractivity contribution in [1.82, 2.24) is 15.2 Å². The molecule has 1 amide bonds. The van der Waals surface area contributed by atoms with E-state index in [4.69, 9.17) is 4.52 Å². The average molecular weight is 401 g/mol. The number of hydrogen-bond acceptors (Lipinski definition) is 5. The quantitative estimate of drug-likeness (QED) is 0.661. The van der Waals surface area contributed by atoms with Gasteiger partial charge in [0.05, 0.1) is 12.1 Å². The van der Waals surface area contributed by atoms with Gasteiger partial charge in [-0.3, -0.25) is 4.79 Å². The molecule has 2 aromatic carbocycles. The summed E-state index contributed by atoms with van der Waals surface area (Å²) in [6.07, 6.45) is 0. The third-order valence-corrected chi connectivity index (χ3v) is 6.39. The fourth-order valence-corrected chi connectivity index (χ4v) is 4.78. The molecule has 0 aliphatic heterocycles. The number of aromatic nitrogens is 1. The zero-order valence-corrected chi connectivity index (χ0v) is 17.0. The number of nitrogens with one attached hydrogen (secondary N) is 2. The van der Waals surface area contributed by atoms with E-state index in [0.29, 0.717) is 0 Å². The van der Waals surface area contributed by atoms with E-state index in [1.165, 1.54) is 13.8 Å². The molecule has 0 saturated carbocycles. The maximum Gasteiger partial charge on any atom is 0.246 e. The van der Waals surface area contributed by atoms with Crippen LogP contribution in [0.3, 0.4) is 0 Å². The predicted molar refractivity (Wildman–Crippen MR) is 106 cm³/mol. The highest BCUT2D eigenvalue weighted by Crippen LogP contribution is 2.24. The Labute approximate surface area is 164 Å². The summed E-state index contributed by atoms with van der Waals surface area (Å²) >= 11 is 0. The van der Waals surface area contributed by atoms with Gasteiger partial charge in [0.25, 0.3) is 0 Å². The Balaban J connectivity index is 1.75. The van der Waals surface area contributed by atoms with Gasteiger partial charge in [0.2, 0.25) is 15.9 Å². The van der Waals surface area contributed by atoms with E-state index in [0.717, 1.165) is 16.3 Å². The third-order valence-electron chi connectivity index (χ3n) is 4.61. The minimum Gasteiger partial charge on any atom is -0.360 e. The summed E-state index contributed by atoms with van der Waals surface area (Å²) in [5.41, 5.74) is 1.22. The van der Waals surface area contributed by atoms with Gasteiger partial charge in [-0.05, 0) is 44.0 Å². The van der Waals surface area contributed by atoms with Crippen LogP contribution in [-0.4, -0.2) is 25.5 Å². The van der Waals surface area contributed by atoms with Crippen molar-refractivity contribution in [1.29, 1.82) is 0 Å². The van der Waals surface area contributed by atoms with Gasteiger partial charge in [-0.15, -0.1) is 0 Å². The predicted octanol–water partition coefficient (Wildman–Crippen LogP) is 2.99. The molecule has 1 aromatic heterocycles. The third kappa shape index (κ3) is 3.93. The molecule has 0 aliphatic carbocycles. The maximum atomic E-state index is 12.6. The van der Waals surface area contributed by atoms with Gasteiger partial charge >= 0.3 is 0 Å². The fourth-order valence-electron chi connectivity index (χ4n) is 3.25. The molecule has 0 bridgehead atoms. The van der Waals surface area contributed by atoms with Crippen LogP contribution in [0.2, 0.25) is 0 Å². The Morgan fingerprint density at radius 3 is 2.43 bits per heavy atom. The molecule has 0 spiro atoms. The van der Waals surface area contributed by atoms with Crippen LogP contribution in [0.15, 0.2) is 51.9 Å². The van der Waals surface area contributed by atoms with Crippen LogP contribution in [-0.2, 0) is 14.8 Å². The Morgan fingerprint density at radius 1 is 1.07 bits per heavy atom. The summed E-state index contributed by atoms with van der Waals surface area (Å²) < 4.78 is 32.5. The number of benzene rings is 2. The van der Waals surface area contributed by atoms with Crippen LogP contribution in [0, 0.1) is 13.8 Å². The van der Waals surface area contributed by atoms with E-state index in [9.17, 15) is 13.2 Å². The van der Waals surface area contributed by atoms with Gasteiger partial charge in [-0.2, -0.15) is 4.72 Å². The summed E-state index contributed by atoms with van der Waals surface area (Å²) in [7, 11) is -3.92. The molecule has 28 heavy (non-hydrogen) atoms. The first kappa shape index (κ1) is 20.0. The van der Waals surface area contributed by atoms with E-state index in [2.05, 4.69) is 15.2 Å². The van der Waals surface area contributed by atoms with Crippen LogP contribution in [0.25, 0.3) is 10.8 Å². The van der Waals surface area contributed by atoms with Crippen molar-refractivity contribution in [2.45, 2.75) is 44.7 Å². The smallest absolute Gasteiger partial charge is 0.246 e. The van der Waals surface area contributed by atoms with Crippen molar-refractivity contribution in [2.75, 3.05) is 0 Å². The van der Waals surface area contributed by atoms with Gasteiger partial charge in [-0.25, -0.2) is 8.42 Å². The number of sulfonamides is 1. The Bertz CT molecular complexity index is 1100. The number of rotatable bonds is 6. The standard InChI is InChI=1S/C20H23N3O4S/c1-12(17-11-7-9-16-8-5-6-10-18(16)17)21-20(24)14(3)23-28(25,26)19-13(2)22-27-15(19)4/h5-12,14,23H,1-4H3,(H,21,24)/t12-,14+/m1/s1. The number of fused-ring (bicyclic) bond motifs is 1. The van der Waals surface area contributed by atoms with E-state index >= 15 is 0 Å². The second-order valence-corrected chi connectivity index (χ2v) is 8.45. The molecule has 0 fully saturated rings. The molecule has 0 unspecified atom stereocenters. The van der Waals surface area contributed by atoms with Crippen LogP contribution >= 0.6 is 0 Å². The van der Waals surface area contributed by atoms with Crippen LogP contribution in [0.5, 0.6) is 0 Å². The second kappa shape index (κ2) is 7.73. The zero-order chi connectivity index (χ0) is 20.5. The molecule has 3 aromatic rings. The topological polar surface area (TPSA) is 101 Å². The molecule has 2 atom stereocenters. The first-order chi connectivity index (χ1) is 13.2. The summed E-state index contributed by atoms with van der Waals surface area (Å²) in [6, 6.07) is 12.6. The van der Waals surface area contributed by atoms with Gasteiger partial charge in [0.15, 0.2) is 5.76 Å². The molecule has 148 valence electrons. The SMILES string of the molecule is Cc1noc(C)c1S(=O)(=O)N[C@@H](C)C(=O)N[C@H](C)c1cccc2ccccc12. The molecule has 0 saturated heterocycles. The number of amides is 1. The van der Waals surface area contributed by atoms with Crippen molar-refractivity contribution in [2.24, 2.45) is 0 Å². The zero-order valence-electron chi connectivity index (χ0n) is 16.2. The minimum atomic E-state index is -3.92. The lowest BCUT2D eigenvalue weighted by molar-refractivity contribution is -0.123. The summed E-state index contributed by atoms with van der Waals surface area (Å²) in [5.74, 6) is -0.238. The van der Waals surface area contributed by atoms with Gasteiger partial charge in [-0.1, -0.05) is 47.6 Å². The second-order valence-electron chi connectivity index (χ2n) is 6.79. The Hall–Kier alpha value is -2.71. The molecule has 0 radical (unpaired) electrons. The molecule has 8 heteroatoms. The molecule has 1 heterocycles. The van der Waals surface area contributed by atoms with Crippen molar-refractivity contribution in [3.63, 3.8) is 0 Å². The lowest BCUT2D eigenvalue weighted by Crippen LogP contribution is -2.45. The Morgan fingerprint density at radius 2 is 1.75 bits per heavy atom. The monoisotopic (exact) mass is 401 g/mol. The normalized spacial score (nSPS) is 14.0. The van der Waals surface area contributed by atoms with Crippen LogP contribution in [0.1, 0.15) is 36.9 Å². The van der Waals surface area contributed by atoms with E-state index < -0.39 is 22.0 Å². The number of hydrogen-bond donors (Lipinski definition) is 2. The van der Waals surface area contributed by atoms with Gasteiger partial charge in [0, 0.05) is 0 Å². The number of carbonyl (C=O) groups excluding carboxylic acids is 1. The molecule has 0 aliphatic rings. The van der Waals surface area contributed by atoms with Gasteiger partial charge in [0.1, 0.15) is 10.6 Å². The molecular weight excluding hydrogens is 378 g/mol. The lowest BCUT2D eigenvalue weighted by Gasteiger charge is -2.20. The van der Waals surface area contributed by atoms with Crippen molar-refractivity contribution in [3.8, 4) is 0 Å². The largest absolute Gasteiger partial charge is 0.360 e. The minimum absolute atomic E-state index is 0.0331. The number of aryl methyl sites for hydroxylation is 2. The molecule has 7 nitrogen and oxygen atoms in total. The highest BCUT2D eigenvalue weighted by atomic mass is 32.2. The van der Waals surface area contributed by atoms with Crippen molar-refractivity contribution >= 4 is 26.7 Å². The highest BCUT2D eigenvalue weighted by Gasteiger charge is 2.28. The summed E-state index contributed by atoms with van der Waals surface area (Å²) in [6.45, 7) is 6.43. The van der Waals surface area contributed by atoms with Crippen molar-refractivity contribution < 1.29 is 17.7 Å². The van der Waals surface area contributed by atoms with Crippen LogP contribution < -0.4 is 10.0 Å². The molecule has 2 N–H and O–H groups in total. The number of carbonyl (C=O) groups is 1. The maximum absolute atomic E-state index is 12.6. The molecule has 3 rings (SSSR count). The molecular formula is C20H23N3O4S. The number of nitrogens with zero attached hydrogens (tertiary/aromatic N) is 1. The summed E-state index contributed by atoms with van der Waals surface area (Å²) in [4.78, 5) is 12.6. The van der Waals surface area contributed by atoms with Crippen LogP contribution in [0.4, 0.5) is 0 Å².